The predicted octanol–water partition coefficient (Wildman–Crippen LogP) is 3.35. The first kappa shape index (κ1) is 28.6. The van der Waals surface area contributed by atoms with Gasteiger partial charge in [0.1, 0.15) is 11.6 Å². The molecule has 0 radical (unpaired) electrons. The molecule has 9 nitrogen and oxygen atoms in total. The summed E-state index contributed by atoms with van der Waals surface area (Å²) in [4.78, 5) is 37.6. The highest BCUT2D eigenvalue weighted by atomic mass is 16.6. The van der Waals surface area contributed by atoms with Crippen molar-refractivity contribution in [2.45, 2.75) is 90.4 Å². The van der Waals surface area contributed by atoms with Crippen molar-refractivity contribution in [1.82, 2.24) is 10.6 Å². The van der Waals surface area contributed by atoms with Crippen LogP contribution < -0.4 is 10.6 Å². The first-order valence-electron chi connectivity index (χ1n) is 12.1. The number of hydrogen-bond donors (Lipinski definition) is 2. The summed E-state index contributed by atoms with van der Waals surface area (Å²) in [6.07, 6.45) is -0.833. The normalized spacial score (nSPS) is 21.2. The van der Waals surface area contributed by atoms with Gasteiger partial charge in [-0.15, -0.1) is 0 Å². The van der Waals surface area contributed by atoms with Crippen LogP contribution in [0, 0.1) is 5.92 Å². The van der Waals surface area contributed by atoms with Gasteiger partial charge in [0.05, 0.1) is 25.9 Å². The molecule has 1 saturated heterocycles. The second kappa shape index (κ2) is 13.4. The van der Waals surface area contributed by atoms with Crippen LogP contribution in [0.3, 0.4) is 0 Å². The van der Waals surface area contributed by atoms with E-state index in [2.05, 4.69) is 10.6 Å². The van der Waals surface area contributed by atoms with Crippen molar-refractivity contribution < 1.29 is 33.3 Å². The van der Waals surface area contributed by atoms with Gasteiger partial charge in [-0.25, -0.2) is 9.59 Å². The summed E-state index contributed by atoms with van der Waals surface area (Å²) in [7, 11) is 1.29. The number of nitrogens with one attached hydrogen (secondary N) is 2. The highest BCUT2D eigenvalue weighted by Gasteiger charge is 2.39. The molecule has 196 valence electrons. The minimum absolute atomic E-state index is 0.169. The predicted molar refractivity (Wildman–Crippen MR) is 131 cm³/mol. The van der Waals surface area contributed by atoms with E-state index in [1.165, 1.54) is 7.11 Å². The second-order valence-corrected chi connectivity index (χ2v) is 10.2. The molecule has 4 atom stereocenters. The van der Waals surface area contributed by atoms with Gasteiger partial charge in [0.15, 0.2) is 6.10 Å². The first-order chi connectivity index (χ1) is 16.5. The third-order valence-electron chi connectivity index (χ3n) is 5.40. The molecule has 0 spiro atoms. The summed E-state index contributed by atoms with van der Waals surface area (Å²) in [5.41, 5.74) is 0.364. The Bertz CT molecular complexity index is 823. The molecule has 2 N–H and O–H groups in total. The van der Waals surface area contributed by atoms with Crippen LogP contribution in [-0.4, -0.2) is 61.6 Å². The third kappa shape index (κ3) is 10.2. The minimum Gasteiger partial charge on any atom is -0.467 e. The van der Waals surface area contributed by atoms with Crippen LogP contribution in [-0.2, 0) is 35.1 Å². The van der Waals surface area contributed by atoms with Crippen molar-refractivity contribution in [3.8, 4) is 0 Å². The van der Waals surface area contributed by atoms with E-state index in [4.69, 9.17) is 18.9 Å². The Morgan fingerprint density at radius 1 is 1.11 bits per heavy atom. The zero-order valence-corrected chi connectivity index (χ0v) is 21.7. The molecule has 2 rings (SSSR count). The van der Waals surface area contributed by atoms with Crippen LogP contribution in [0.4, 0.5) is 4.79 Å². The number of benzene rings is 1. The van der Waals surface area contributed by atoms with Gasteiger partial charge in [0.2, 0.25) is 0 Å². The quantitative estimate of drug-likeness (QED) is 0.482. The number of hydrogen-bond acceptors (Lipinski definition) is 7. The molecular formula is C26H40N2O7. The molecule has 1 fully saturated rings. The summed E-state index contributed by atoms with van der Waals surface area (Å²) in [5, 5.41) is 5.49. The highest BCUT2D eigenvalue weighted by Crippen LogP contribution is 2.24. The monoisotopic (exact) mass is 492 g/mol. The van der Waals surface area contributed by atoms with E-state index in [0.29, 0.717) is 25.9 Å². The molecule has 1 aromatic rings. The molecule has 0 unspecified atom stereocenters. The Labute approximate surface area is 208 Å². The van der Waals surface area contributed by atoms with Crippen LogP contribution in [0.5, 0.6) is 0 Å². The topological polar surface area (TPSA) is 112 Å². The fourth-order valence-corrected chi connectivity index (χ4v) is 3.79. The zero-order valence-electron chi connectivity index (χ0n) is 21.7. The van der Waals surface area contributed by atoms with Gasteiger partial charge in [-0.2, -0.15) is 0 Å². The number of rotatable bonds is 10. The van der Waals surface area contributed by atoms with Crippen molar-refractivity contribution in [1.29, 1.82) is 0 Å². The van der Waals surface area contributed by atoms with E-state index < -0.39 is 47.9 Å². The van der Waals surface area contributed by atoms with Gasteiger partial charge in [0.25, 0.3) is 5.91 Å². The largest absolute Gasteiger partial charge is 0.467 e. The maximum absolute atomic E-state index is 13.3. The maximum Gasteiger partial charge on any atom is 0.407 e. The zero-order chi connectivity index (χ0) is 26.0. The molecule has 1 aromatic carbocycles. The summed E-state index contributed by atoms with van der Waals surface area (Å²) in [5.74, 6) is -0.781. The van der Waals surface area contributed by atoms with Crippen molar-refractivity contribution in [2.24, 2.45) is 5.92 Å². The van der Waals surface area contributed by atoms with E-state index in [-0.39, 0.29) is 12.5 Å². The van der Waals surface area contributed by atoms with E-state index in [1.54, 1.807) is 20.8 Å². The van der Waals surface area contributed by atoms with Gasteiger partial charge >= 0.3 is 12.1 Å². The number of methoxy groups -OCH3 is 1. The Balaban J connectivity index is 2.08. The fourth-order valence-electron chi connectivity index (χ4n) is 3.79. The van der Waals surface area contributed by atoms with Crippen molar-refractivity contribution in [3.63, 3.8) is 0 Å². The van der Waals surface area contributed by atoms with Gasteiger partial charge in [0, 0.05) is 6.54 Å². The molecule has 35 heavy (non-hydrogen) atoms. The third-order valence-corrected chi connectivity index (χ3v) is 5.40. The summed E-state index contributed by atoms with van der Waals surface area (Å²) in [6, 6.07) is 8.88. The van der Waals surface area contributed by atoms with E-state index in [1.807, 2.05) is 44.2 Å². The Hall–Kier alpha value is -2.65. The molecule has 0 saturated carbocycles. The molecule has 9 heteroatoms. The fraction of sp³-hybridized carbons (Fsp3) is 0.654. The van der Waals surface area contributed by atoms with Crippen LogP contribution in [0.1, 0.15) is 59.4 Å². The summed E-state index contributed by atoms with van der Waals surface area (Å²) < 4.78 is 22.3. The van der Waals surface area contributed by atoms with E-state index >= 15 is 0 Å². The summed E-state index contributed by atoms with van der Waals surface area (Å²) >= 11 is 0. The molecule has 1 aliphatic rings. The molecular weight excluding hydrogens is 452 g/mol. The number of alkyl carbamates (subject to hydrolysis) is 1. The van der Waals surface area contributed by atoms with E-state index in [9.17, 15) is 14.4 Å². The van der Waals surface area contributed by atoms with E-state index in [0.717, 1.165) is 5.56 Å². The average Bonchev–Trinajstić information content (AvgIpc) is 2.80. The molecule has 2 amide bonds. The van der Waals surface area contributed by atoms with Gasteiger partial charge < -0.3 is 29.6 Å². The standard InChI is InChI=1S/C26H40N2O7/c1-17(2)14-20(24(30)32-6)28-23(29)22-21(33-16-18-10-8-7-9-11-18)13-12-19(34-22)15-27-25(31)35-26(3,4)5/h7-11,17,19-22H,12-16H2,1-6H3,(H,27,31)(H,28,29)/t19-,20+,21+,22+/m1/s1. The Kier molecular flexibility index (Phi) is 11.0. The SMILES string of the molecule is COC(=O)[C@H](CC(C)C)NC(=O)[C@H]1O[C@@H](CNC(=O)OC(C)(C)C)CC[C@@H]1OCc1ccccc1. The Morgan fingerprint density at radius 2 is 1.80 bits per heavy atom. The summed E-state index contributed by atoms with van der Waals surface area (Å²) in [6.45, 7) is 9.80. The number of ether oxygens (including phenoxy) is 4. The number of carbonyl (C=O) groups is 3. The lowest BCUT2D eigenvalue weighted by atomic mass is 9.98. The lowest BCUT2D eigenvalue weighted by Gasteiger charge is -2.36. The Morgan fingerprint density at radius 3 is 2.40 bits per heavy atom. The number of carbonyl (C=O) groups excluding carboxylic acids is 3. The van der Waals surface area contributed by atoms with Crippen LogP contribution in [0.25, 0.3) is 0 Å². The van der Waals surface area contributed by atoms with Gasteiger partial charge in [-0.3, -0.25) is 4.79 Å². The molecule has 1 heterocycles. The maximum atomic E-state index is 13.3. The smallest absolute Gasteiger partial charge is 0.407 e. The lowest BCUT2D eigenvalue weighted by molar-refractivity contribution is -0.169. The molecule has 0 aromatic heterocycles. The lowest BCUT2D eigenvalue weighted by Crippen LogP contribution is -2.55. The number of esters is 1. The van der Waals surface area contributed by atoms with Gasteiger partial charge in [-0.05, 0) is 51.5 Å². The number of amides is 2. The second-order valence-electron chi connectivity index (χ2n) is 10.2. The van der Waals surface area contributed by atoms with Gasteiger partial charge in [-0.1, -0.05) is 44.2 Å². The van der Waals surface area contributed by atoms with Crippen molar-refractivity contribution in [2.75, 3.05) is 13.7 Å². The van der Waals surface area contributed by atoms with Crippen molar-refractivity contribution in [3.05, 3.63) is 35.9 Å². The van der Waals surface area contributed by atoms with Crippen LogP contribution in [0.2, 0.25) is 0 Å². The average molecular weight is 493 g/mol. The van der Waals surface area contributed by atoms with Crippen molar-refractivity contribution >= 4 is 18.0 Å². The molecule has 0 aliphatic carbocycles. The first-order valence-corrected chi connectivity index (χ1v) is 12.1. The van der Waals surface area contributed by atoms with Crippen LogP contribution in [0.15, 0.2) is 30.3 Å². The molecule has 0 bridgehead atoms. The molecule has 1 aliphatic heterocycles. The minimum atomic E-state index is -0.947. The van der Waals surface area contributed by atoms with Crippen LogP contribution >= 0.6 is 0 Å². The highest BCUT2D eigenvalue weighted by molar-refractivity contribution is 5.87.